The van der Waals surface area contributed by atoms with Gasteiger partial charge in [0.05, 0.1) is 5.51 Å². The van der Waals surface area contributed by atoms with Crippen molar-refractivity contribution >= 4 is 17.2 Å². The van der Waals surface area contributed by atoms with Crippen molar-refractivity contribution in [1.82, 2.24) is 14.8 Å². The summed E-state index contributed by atoms with van der Waals surface area (Å²) in [5, 5.41) is 1.87. The van der Waals surface area contributed by atoms with Crippen molar-refractivity contribution in [3.8, 4) is 0 Å². The second-order valence-electron chi connectivity index (χ2n) is 6.73. The molecule has 1 unspecified atom stereocenters. The summed E-state index contributed by atoms with van der Waals surface area (Å²) in [6.45, 7) is 6.46. The van der Waals surface area contributed by atoms with Gasteiger partial charge in [0.2, 0.25) is 0 Å². The molecule has 3 rings (SSSR count). The molecule has 1 aromatic rings. The summed E-state index contributed by atoms with van der Waals surface area (Å²) >= 11 is 1.50. The fourth-order valence-corrected chi connectivity index (χ4v) is 4.65. The smallest absolute Gasteiger partial charge is 0.273 e. The molecule has 2 saturated heterocycles. The maximum atomic E-state index is 12.6. The molecule has 122 valence electrons. The molecule has 22 heavy (non-hydrogen) atoms. The number of amides is 1. The lowest BCUT2D eigenvalue weighted by Crippen LogP contribution is -2.57. The minimum atomic E-state index is 0.126. The summed E-state index contributed by atoms with van der Waals surface area (Å²) in [7, 11) is 0. The second-order valence-corrected chi connectivity index (χ2v) is 7.44. The molecule has 0 radical (unpaired) electrons. The summed E-state index contributed by atoms with van der Waals surface area (Å²) in [4.78, 5) is 21.6. The second kappa shape index (κ2) is 7.09. The van der Waals surface area contributed by atoms with Crippen molar-refractivity contribution < 1.29 is 4.79 Å². The lowest BCUT2D eigenvalue weighted by Gasteiger charge is -2.46. The summed E-state index contributed by atoms with van der Waals surface area (Å²) in [6, 6.07) is 0. The average Bonchev–Trinajstić information content (AvgIpc) is 3.18. The summed E-state index contributed by atoms with van der Waals surface area (Å²) in [6.07, 6.45) is 8.78. The van der Waals surface area contributed by atoms with Crippen LogP contribution in [0, 0.1) is 0 Å². The fraction of sp³-hybridized carbons (Fsp3) is 0.765. The molecule has 4 nitrogen and oxygen atoms in total. The molecule has 0 bridgehead atoms. The van der Waals surface area contributed by atoms with Crippen molar-refractivity contribution in [3.05, 3.63) is 16.6 Å². The van der Waals surface area contributed by atoms with Crippen molar-refractivity contribution in [2.75, 3.05) is 26.2 Å². The minimum Gasteiger partial charge on any atom is -0.335 e. The Morgan fingerprint density at radius 2 is 2.14 bits per heavy atom. The van der Waals surface area contributed by atoms with Crippen molar-refractivity contribution in [2.45, 2.75) is 57.4 Å². The van der Waals surface area contributed by atoms with Crippen LogP contribution in [0.1, 0.15) is 62.4 Å². The van der Waals surface area contributed by atoms with Crippen LogP contribution in [0.4, 0.5) is 0 Å². The van der Waals surface area contributed by atoms with Crippen LogP contribution in [0.15, 0.2) is 10.9 Å². The number of hydrogen-bond acceptors (Lipinski definition) is 4. The minimum absolute atomic E-state index is 0.126. The standard InChI is InChI=1S/C17H27N3OS/c1-2-3-4-10-20-11-6-8-17(20)7-5-9-19(13-17)16(21)15-12-22-14-18-15/h12,14H,2-11,13H2,1H3. The van der Waals surface area contributed by atoms with E-state index in [1.54, 1.807) is 5.51 Å². The number of unbranched alkanes of at least 4 members (excludes halogenated alkanes) is 2. The molecule has 3 heterocycles. The first-order chi connectivity index (χ1) is 10.7. The van der Waals surface area contributed by atoms with E-state index in [1.165, 1.54) is 63.0 Å². The zero-order valence-corrected chi connectivity index (χ0v) is 14.4. The number of hydrogen-bond donors (Lipinski definition) is 0. The topological polar surface area (TPSA) is 36.4 Å². The number of carbonyl (C=O) groups excluding carboxylic acids is 1. The summed E-state index contributed by atoms with van der Waals surface area (Å²) < 4.78 is 0. The predicted octanol–water partition coefficient (Wildman–Crippen LogP) is 3.40. The number of piperidine rings is 1. The van der Waals surface area contributed by atoms with E-state index in [4.69, 9.17) is 0 Å². The van der Waals surface area contributed by atoms with E-state index in [0.29, 0.717) is 5.69 Å². The molecule has 1 aromatic heterocycles. The van der Waals surface area contributed by atoms with Gasteiger partial charge in [0, 0.05) is 24.0 Å². The molecular formula is C17H27N3OS. The van der Waals surface area contributed by atoms with Crippen LogP contribution in [0.3, 0.4) is 0 Å². The van der Waals surface area contributed by atoms with Crippen LogP contribution in [-0.2, 0) is 0 Å². The van der Waals surface area contributed by atoms with E-state index in [2.05, 4.69) is 21.7 Å². The third kappa shape index (κ3) is 3.20. The zero-order valence-electron chi connectivity index (χ0n) is 13.6. The van der Waals surface area contributed by atoms with Gasteiger partial charge < -0.3 is 4.90 Å². The van der Waals surface area contributed by atoms with E-state index < -0.39 is 0 Å². The Morgan fingerprint density at radius 3 is 2.86 bits per heavy atom. The predicted molar refractivity (Wildman–Crippen MR) is 90.3 cm³/mol. The highest BCUT2D eigenvalue weighted by molar-refractivity contribution is 7.07. The van der Waals surface area contributed by atoms with Gasteiger partial charge in [0.25, 0.3) is 5.91 Å². The van der Waals surface area contributed by atoms with E-state index >= 15 is 0 Å². The van der Waals surface area contributed by atoms with E-state index in [1.807, 2.05) is 5.38 Å². The summed E-state index contributed by atoms with van der Waals surface area (Å²) in [5.74, 6) is 0.126. The number of carbonyl (C=O) groups is 1. The third-order valence-electron chi connectivity index (χ3n) is 5.27. The first-order valence-electron chi connectivity index (χ1n) is 8.68. The number of thiazole rings is 1. The molecular weight excluding hydrogens is 294 g/mol. The lowest BCUT2D eigenvalue weighted by molar-refractivity contribution is 0.0317. The highest BCUT2D eigenvalue weighted by atomic mass is 32.1. The number of nitrogens with zero attached hydrogens (tertiary/aromatic N) is 3. The van der Waals surface area contributed by atoms with E-state index in [9.17, 15) is 4.79 Å². The van der Waals surface area contributed by atoms with Crippen LogP contribution >= 0.6 is 11.3 Å². The van der Waals surface area contributed by atoms with Gasteiger partial charge in [0.15, 0.2) is 0 Å². The zero-order chi connectivity index (χ0) is 15.4. The molecule has 2 aliphatic rings. The molecule has 2 aliphatic heterocycles. The van der Waals surface area contributed by atoms with Gasteiger partial charge in [-0.05, 0) is 45.2 Å². The molecule has 0 aliphatic carbocycles. The third-order valence-corrected chi connectivity index (χ3v) is 5.85. The van der Waals surface area contributed by atoms with Crippen LogP contribution in [0.2, 0.25) is 0 Å². The number of rotatable bonds is 5. The van der Waals surface area contributed by atoms with Gasteiger partial charge in [-0.3, -0.25) is 9.69 Å². The van der Waals surface area contributed by atoms with Gasteiger partial charge in [-0.15, -0.1) is 11.3 Å². The fourth-order valence-electron chi connectivity index (χ4n) is 4.12. The Kier molecular flexibility index (Phi) is 5.14. The van der Waals surface area contributed by atoms with Crippen LogP contribution in [-0.4, -0.2) is 52.4 Å². The molecule has 1 amide bonds. The number of likely N-dealkylation sites (tertiary alicyclic amines) is 2. The largest absolute Gasteiger partial charge is 0.335 e. The summed E-state index contributed by atoms with van der Waals surface area (Å²) in [5.41, 5.74) is 2.62. The van der Waals surface area contributed by atoms with Crippen molar-refractivity contribution in [2.24, 2.45) is 0 Å². The Labute approximate surface area is 137 Å². The van der Waals surface area contributed by atoms with Crippen molar-refractivity contribution in [1.29, 1.82) is 0 Å². The van der Waals surface area contributed by atoms with Crippen LogP contribution in [0.25, 0.3) is 0 Å². The lowest BCUT2D eigenvalue weighted by atomic mass is 9.86. The normalized spacial score (nSPS) is 26.0. The van der Waals surface area contributed by atoms with Gasteiger partial charge >= 0.3 is 0 Å². The molecule has 0 aromatic carbocycles. The van der Waals surface area contributed by atoms with Gasteiger partial charge in [0.1, 0.15) is 5.69 Å². The van der Waals surface area contributed by atoms with Crippen LogP contribution in [0.5, 0.6) is 0 Å². The van der Waals surface area contributed by atoms with E-state index in [0.717, 1.165) is 19.5 Å². The Hall–Kier alpha value is -0.940. The van der Waals surface area contributed by atoms with E-state index in [-0.39, 0.29) is 11.4 Å². The average molecular weight is 321 g/mol. The molecule has 2 fully saturated rings. The Morgan fingerprint density at radius 1 is 1.32 bits per heavy atom. The first-order valence-corrected chi connectivity index (χ1v) is 9.62. The molecule has 0 N–H and O–H groups in total. The highest BCUT2D eigenvalue weighted by Gasteiger charge is 2.44. The quantitative estimate of drug-likeness (QED) is 0.780. The monoisotopic (exact) mass is 321 g/mol. The van der Waals surface area contributed by atoms with Gasteiger partial charge in [-0.1, -0.05) is 19.8 Å². The number of aromatic nitrogens is 1. The Bertz CT molecular complexity index is 490. The maximum Gasteiger partial charge on any atom is 0.273 e. The highest BCUT2D eigenvalue weighted by Crippen LogP contribution is 2.37. The van der Waals surface area contributed by atoms with Gasteiger partial charge in [-0.2, -0.15) is 0 Å². The van der Waals surface area contributed by atoms with Crippen LogP contribution < -0.4 is 0 Å². The van der Waals surface area contributed by atoms with Crippen molar-refractivity contribution in [3.63, 3.8) is 0 Å². The molecule has 1 spiro atoms. The maximum absolute atomic E-state index is 12.6. The molecule has 0 saturated carbocycles. The van der Waals surface area contributed by atoms with Gasteiger partial charge in [-0.25, -0.2) is 4.98 Å². The SMILES string of the molecule is CCCCCN1CCCC12CCCN(C(=O)c1cscn1)C2. The first kappa shape index (κ1) is 15.9. The Balaban J connectivity index is 1.67. The molecule has 5 heteroatoms. The molecule has 1 atom stereocenters.